The molecule has 4 aromatic rings. The minimum absolute atomic E-state index is 0.206. The molecule has 0 saturated carbocycles. The zero-order valence-electron chi connectivity index (χ0n) is 19.4. The number of oxazole rings is 1. The number of nitrogens with zero attached hydrogens (tertiary/aromatic N) is 3. The van der Waals surface area contributed by atoms with Crippen LogP contribution in [0.2, 0.25) is 5.02 Å². The Morgan fingerprint density at radius 2 is 1.76 bits per heavy atom. The first-order valence-corrected chi connectivity index (χ1v) is 11.8. The van der Waals surface area contributed by atoms with Crippen LogP contribution in [0.1, 0.15) is 35.9 Å². The molecule has 34 heavy (non-hydrogen) atoms. The molecule has 1 atom stereocenters. The highest BCUT2D eigenvalue weighted by Crippen LogP contribution is 2.33. The van der Waals surface area contributed by atoms with Crippen LogP contribution >= 0.6 is 11.6 Å². The van der Waals surface area contributed by atoms with E-state index in [2.05, 4.69) is 9.97 Å². The second kappa shape index (κ2) is 9.60. The molecule has 1 saturated heterocycles. The minimum atomic E-state index is 0.206. The molecule has 176 valence electrons. The number of halogens is 1. The molecule has 3 heterocycles. The molecule has 0 spiro atoms. The summed E-state index contributed by atoms with van der Waals surface area (Å²) in [6, 6.07) is 11.6. The van der Waals surface area contributed by atoms with Gasteiger partial charge in [-0.15, -0.1) is 0 Å². The number of epoxide rings is 1. The van der Waals surface area contributed by atoms with Crippen LogP contribution in [0.25, 0.3) is 22.7 Å². The summed E-state index contributed by atoms with van der Waals surface area (Å²) in [5, 5.41) is 0.690. The lowest BCUT2D eigenvalue weighted by Gasteiger charge is -2.12. The van der Waals surface area contributed by atoms with Gasteiger partial charge in [-0.05, 0) is 61.2 Å². The van der Waals surface area contributed by atoms with Crippen LogP contribution in [0.5, 0.6) is 11.6 Å². The van der Waals surface area contributed by atoms with Gasteiger partial charge in [0.25, 0.3) is 5.71 Å². The van der Waals surface area contributed by atoms with E-state index in [4.69, 9.17) is 35.2 Å². The zero-order valence-corrected chi connectivity index (χ0v) is 20.2. The topological polar surface area (TPSA) is 82.8 Å². The summed E-state index contributed by atoms with van der Waals surface area (Å²) in [6.07, 6.45) is 1.59. The number of hydrogen-bond donors (Lipinski definition) is 0. The van der Waals surface area contributed by atoms with Crippen molar-refractivity contribution < 1.29 is 18.6 Å². The highest BCUT2D eigenvalue weighted by atomic mass is 35.5. The van der Waals surface area contributed by atoms with Crippen LogP contribution in [0.15, 0.2) is 40.8 Å². The monoisotopic (exact) mass is 479 g/mol. The molecule has 2 aromatic heterocycles. The van der Waals surface area contributed by atoms with Gasteiger partial charge in [0, 0.05) is 17.0 Å². The van der Waals surface area contributed by atoms with Gasteiger partial charge in [0.15, 0.2) is 5.52 Å². The SMILES string of the molecule is CCCOc1nc(Cc2ccc(Cl)cc2)nc2oc(-c3cc(C)c(OCC4CO4)c(C)c3)nc12. The number of benzene rings is 2. The van der Waals surface area contributed by atoms with Gasteiger partial charge < -0.3 is 18.6 Å². The highest BCUT2D eigenvalue weighted by Gasteiger charge is 2.24. The van der Waals surface area contributed by atoms with Crippen LogP contribution in [0, 0.1) is 13.8 Å². The number of aromatic nitrogens is 3. The third-order valence-electron chi connectivity index (χ3n) is 5.51. The maximum absolute atomic E-state index is 6.11. The number of ether oxygens (including phenoxy) is 3. The highest BCUT2D eigenvalue weighted by molar-refractivity contribution is 6.30. The first kappa shape index (κ1) is 22.6. The van der Waals surface area contributed by atoms with Crippen LogP contribution in [0.3, 0.4) is 0 Å². The van der Waals surface area contributed by atoms with E-state index in [1.807, 2.05) is 57.2 Å². The van der Waals surface area contributed by atoms with Gasteiger partial charge in [0.05, 0.1) is 13.2 Å². The van der Waals surface area contributed by atoms with Crippen molar-refractivity contribution in [2.24, 2.45) is 0 Å². The number of fused-ring (bicyclic) bond motifs is 1. The fourth-order valence-corrected chi connectivity index (χ4v) is 3.89. The van der Waals surface area contributed by atoms with Gasteiger partial charge in [0.2, 0.25) is 11.8 Å². The Balaban J connectivity index is 1.49. The fourth-order valence-electron chi connectivity index (χ4n) is 3.77. The molecule has 0 bridgehead atoms. The smallest absolute Gasteiger partial charge is 0.254 e. The second-order valence-corrected chi connectivity index (χ2v) is 8.91. The van der Waals surface area contributed by atoms with Gasteiger partial charge in [-0.25, -0.2) is 4.98 Å². The predicted octanol–water partition coefficient (Wildman–Crippen LogP) is 5.71. The summed E-state index contributed by atoms with van der Waals surface area (Å²) >= 11 is 6.01. The van der Waals surface area contributed by atoms with E-state index in [9.17, 15) is 0 Å². The fraction of sp³-hybridized carbons (Fsp3) is 0.346. The Bertz CT molecular complexity index is 1290. The third kappa shape index (κ3) is 5.00. The normalized spacial score (nSPS) is 15.0. The second-order valence-electron chi connectivity index (χ2n) is 8.47. The Morgan fingerprint density at radius 1 is 1.03 bits per heavy atom. The standard InChI is InChI=1S/C26H26ClN3O4/c1-4-9-31-25-22-26(29-21(28-25)12-17-5-7-19(27)8-6-17)34-24(30-22)18-10-15(2)23(16(3)11-18)33-14-20-13-32-20/h5-8,10-11,20H,4,9,12-14H2,1-3H3. The van der Waals surface area contributed by atoms with Crippen molar-refractivity contribution in [3.63, 3.8) is 0 Å². The van der Waals surface area contributed by atoms with E-state index >= 15 is 0 Å². The Morgan fingerprint density at radius 3 is 2.44 bits per heavy atom. The van der Waals surface area contributed by atoms with Crippen molar-refractivity contribution in [2.45, 2.75) is 39.7 Å². The molecule has 8 heteroatoms. The summed E-state index contributed by atoms with van der Waals surface area (Å²) in [5.74, 6) is 2.37. The maximum Gasteiger partial charge on any atom is 0.254 e. The predicted molar refractivity (Wildman–Crippen MR) is 130 cm³/mol. The van der Waals surface area contributed by atoms with E-state index in [1.165, 1.54) is 0 Å². The number of rotatable bonds is 9. The number of hydrogen-bond acceptors (Lipinski definition) is 7. The molecular weight excluding hydrogens is 454 g/mol. The summed E-state index contributed by atoms with van der Waals surface area (Å²) in [5.41, 5.74) is 4.84. The van der Waals surface area contributed by atoms with Crippen LogP contribution in [-0.2, 0) is 11.2 Å². The summed E-state index contributed by atoms with van der Waals surface area (Å²) < 4.78 is 23.2. The van der Waals surface area contributed by atoms with Gasteiger partial charge in [-0.2, -0.15) is 9.97 Å². The first-order chi connectivity index (χ1) is 16.5. The van der Waals surface area contributed by atoms with Crippen LogP contribution < -0.4 is 9.47 Å². The lowest BCUT2D eigenvalue weighted by molar-refractivity contribution is 0.260. The molecule has 7 nitrogen and oxygen atoms in total. The van der Waals surface area contributed by atoms with Crippen LogP contribution in [-0.4, -0.2) is 40.9 Å². The van der Waals surface area contributed by atoms with Crippen molar-refractivity contribution in [2.75, 3.05) is 19.8 Å². The van der Waals surface area contributed by atoms with E-state index in [0.717, 1.165) is 41.0 Å². The third-order valence-corrected chi connectivity index (χ3v) is 5.77. The van der Waals surface area contributed by atoms with Crippen molar-refractivity contribution >= 4 is 22.8 Å². The van der Waals surface area contributed by atoms with Crippen molar-refractivity contribution in [1.82, 2.24) is 15.0 Å². The summed E-state index contributed by atoms with van der Waals surface area (Å²) in [7, 11) is 0. The van der Waals surface area contributed by atoms with Gasteiger partial charge in [-0.1, -0.05) is 30.7 Å². The van der Waals surface area contributed by atoms with Crippen molar-refractivity contribution in [3.8, 4) is 23.1 Å². The lowest BCUT2D eigenvalue weighted by atomic mass is 10.1. The van der Waals surface area contributed by atoms with E-state index in [-0.39, 0.29) is 6.10 Å². The average Bonchev–Trinajstić information content (AvgIpc) is 3.54. The maximum atomic E-state index is 6.11. The Hall–Kier alpha value is -3.16. The Kier molecular flexibility index (Phi) is 6.39. The average molecular weight is 480 g/mol. The molecule has 1 aliphatic heterocycles. The van der Waals surface area contributed by atoms with Gasteiger partial charge >= 0.3 is 0 Å². The largest absolute Gasteiger partial charge is 0.490 e. The van der Waals surface area contributed by atoms with Crippen LogP contribution in [0.4, 0.5) is 0 Å². The lowest BCUT2D eigenvalue weighted by Crippen LogP contribution is -2.06. The summed E-state index contributed by atoms with van der Waals surface area (Å²) in [4.78, 5) is 14.0. The van der Waals surface area contributed by atoms with Crippen molar-refractivity contribution in [3.05, 3.63) is 63.9 Å². The molecule has 0 aliphatic carbocycles. The number of aryl methyl sites for hydroxylation is 2. The van der Waals surface area contributed by atoms with Crippen molar-refractivity contribution in [1.29, 1.82) is 0 Å². The molecule has 0 N–H and O–H groups in total. The quantitative estimate of drug-likeness (QED) is 0.284. The molecule has 0 amide bonds. The Labute approximate surface area is 203 Å². The summed E-state index contributed by atoms with van der Waals surface area (Å²) in [6.45, 7) is 7.94. The first-order valence-electron chi connectivity index (χ1n) is 11.4. The molecule has 1 aliphatic rings. The van der Waals surface area contributed by atoms with E-state index in [0.29, 0.717) is 53.5 Å². The van der Waals surface area contributed by atoms with Gasteiger partial charge in [-0.3, -0.25) is 0 Å². The van der Waals surface area contributed by atoms with Gasteiger partial charge in [0.1, 0.15) is 24.3 Å². The molecule has 1 fully saturated rings. The molecular formula is C26H26ClN3O4. The van der Waals surface area contributed by atoms with E-state index < -0.39 is 0 Å². The molecule has 1 unspecified atom stereocenters. The molecule has 2 aromatic carbocycles. The molecule has 0 radical (unpaired) electrons. The minimum Gasteiger partial charge on any atom is -0.490 e. The zero-order chi connectivity index (χ0) is 23.7. The van der Waals surface area contributed by atoms with E-state index in [1.54, 1.807) is 0 Å². The molecule has 5 rings (SSSR count).